The van der Waals surface area contributed by atoms with Gasteiger partial charge in [0.05, 0.1) is 0 Å². The minimum atomic E-state index is 0.205. The van der Waals surface area contributed by atoms with Gasteiger partial charge in [-0.05, 0) is 49.8 Å². The zero-order valence-electron chi connectivity index (χ0n) is 11.8. The van der Waals surface area contributed by atoms with E-state index in [1.165, 1.54) is 33.3 Å². The van der Waals surface area contributed by atoms with Gasteiger partial charge >= 0.3 is 0 Å². The predicted octanol–water partition coefficient (Wildman–Crippen LogP) is 2.70. The summed E-state index contributed by atoms with van der Waals surface area (Å²) in [6.07, 6.45) is 4.01. The molecule has 0 saturated heterocycles. The molecule has 0 saturated carbocycles. The van der Waals surface area contributed by atoms with Gasteiger partial charge in [-0.1, -0.05) is 12.1 Å². The lowest BCUT2D eigenvalue weighted by molar-refractivity contribution is -0.111. The van der Waals surface area contributed by atoms with E-state index in [1.807, 2.05) is 0 Å². The summed E-state index contributed by atoms with van der Waals surface area (Å²) in [6.45, 7) is 4.31. The van der Waals surface area contributed by atoms with E-state index in [-0.39, 0.29) is 5.92 Å². The summed E-state index contributed by atoms with van der Waals surface area (Å²) in [5, 5.41) is 8.39. The largest absolute Gasteiger partial charge is 0.400 e. The molecule has 1 unspecified atom stereocenters. The molecule has 19 heavy (non-hydrogen) atoms. The number of fused-ring (bicyclic) bond motifs is 3. The van der Waals surface area contributed by atoms with Crippen molar-refractivity contribution in [2.45, 2.75) is 33.1 Å². The number of aromatic nitrogens is 1. The van der Waals surface area contributed by atoms with Gasteiger partial charge in [0.1, 0.15) is 6.29 Å². The Labute approximate surface area is 113 Å². The van der Waals surface area contributed by atoms with E-state index in [1.54, 1.807) is 0 Å². The summed E-state index contributed by atoms with van der Waals surface area (Å²) in [6, 6.07) is 4.36. The third-order valence-corrected chi connectivity index (χ3v) is 3.99. The standard InChI is InChI=1S/C15H17NO.CH4O/c1-9-3-4-10(2)15-14(9)12-6-5-11(8-17)7-13(12)16-15;1-2/h3-4,8,11,16H,5-7H2,1-2H3;2H,1H3. The van der Waals surface area contributed by atoms with Crippen LogP contribution in [-0.2, 0) is 17.6 Å². The zero-order valence-corrected chi connectivity index (χ0v) is 11.8. The minimum Gasteiger partial charge on any atom is -0.400 e. The number of carbonyl (C=O) groups is 1. The molecule has 3 rings (SSSR count). The van der Waals surface area contributed by atoms with E-state index in [2.05, 4.69) is 31.0 Å². The van der Waals surface area contributed by atoms with Crippen molar-refractivity contribution in [1.82, 2.24) is 4.98 Å². The number of aliphatic hydroxyl groups is 1. The van der Waals surface area contributed by atoms with E-state index in [0.717, 1.165) is 32.7 Å². The number of hydrogen-bond donors (Lipinski definition) is 2. The second-order valence-corrected chi connectivity index (χ2v) is 5.17. The molecule has 1 heterocycles. The van der Waals surface area contributed by atoms with Crippen molar-refractivity contribution in [3.05, 3.63) is 34.5 Å². The monoisotopic (exact) mass is 259 g/mol. The van der Waals surface area contributed by atoms with Crippen LogP contribution in [0.25, 0.3) is 10.9 Å². The summed E-state index contributed by atoms with van der Waals surface area (Å²) in [7, 11) is 1.00. The number of carbonyl (C=O) groups excluding carboxylic acids is 1. The number of aromatic amines is 1. The number of benzene rings is 1. The first-order valence-corrected chi connectivity index (χ1v) is 6.70. The molecule has 1 aliphatic carbocycles. The van der Waals surface area contributed by atoms with Crippen LogP contribution in [-0.4, -0.2) is 23.5 Å². The van der Waals surface area contributed by atoms with Crippen LogP contribution in [0.4, 0.5) is 0 Å². The Kier molecular flexibility index (Phi) is 4.05. The highest BCUT2D eigenvalue weighted by atomic mass is 16.2. The fourth-order valence-electron chi connectivity index (χ4n) is 3.00. The van der Waals surface area contributed by atoms with Crippen LogP contribution in [0.3, 0.4) is 0 Å². The molecular formula is C16H21NO2. The van der Waals surface area contributed by atoms with Crippen molar-refractivity contribution < 1.29 is 9.90 Å². The van der Waals surface area contributed by atoms with Gasteiger partial charge in [-0.15, -0.1) is 0 Å². The van der Waals surface area contributed by atoms with Crippen LogP contribution in [0.2, 0.25) is 0 Å². The molecule has 3 nitrogen and oxygen atoms in total. The molecule has 1 atom stereocenters. The van der Waals surface area contributed by atoms with E-state index in [9.17, 15) is 4.79 Å². The molecule has 0 aliphatic heterocycles. The Bertz CT molecular complexity index is 598. The van der Waals surface area contributed by atoms with Crippen molar-refractivity contribution in [3.8, 4) is 0 Å². The van der Waals surface area contributed by atoms with Crippen LogP contribution in [0.15, 0.2) is 12.1 Å². The first-order chi connectivity index (χ1) is 9.20. The fraction of sp³-hybridized carbons (Fsp3) is 0.438. The Morgan fingerprint density at radius 1 is 1.26 bits per heavy atom. The number of nitrogens with one attached hydrogen (secondary N) is 1. The Hall–Kier alpha value is -1.61. The number of hydrogen-bond acceptors (Lipinski definition) is 2. The highest BCUT2D eigenvalue weighted by molar-refractivity contribution is 5.90. The normalized spacial score (nSPS) is 17.6. The van der Waals surface area contributed by atoms with E-state index in [0.29, 0.717) is 0 Å². The first kappa shape index (κ1) is 13.8. The lowest BCUT2D eigenvalue weighted by Gasteiger charge is -2.17. The number of rotatable bonds is 1. The number of aryl methyl sites for hydroxylation is 3. The molecule has 0 spiro atoms. The smallest absolute Gasteiger partial charge is 0.123 e. The Morgan fingerprint density at radius 3 is 2.63 bits per heavy atom. The molecule has 1 aromatic carbocycles. The topological polar surface area (TPSA) is 53.1 Å². The molecule has 3 heteroatoms. The first-order valence-electron chi connectivity index (χ1n) is 6.70. The Morgan fingerprint density at radius 2 is 1.95 bits per heavy atom. The minimum absolute atomic E-state index is 0.205. The summed E-state index contributed by atoms with van der Waals surface area (Å²) in [4.78, 5) is 14.4. The van der Waals surface area contributed by atoms with Crippen molar-refractivity contribution >= 4 is 17.2 Å². The van der Waals surface area contributed by atoms with Gasteiger partial charge in [-0.2, -0.15) is 0 Å². The lowest BCUT2D eigenvalue weighted by atomic mass is 9.87. The van der Waals surface area contributed by atoms with E-state index in [4.69, 9.17) is 5.11 Å². The second kappa shape index (κ2) is 5.57. The van der Waals surface area contributed by atoms with Gasteiger partial charge in [-0.25, -0.2) is 0 Å². The molecule has 1 aliphatic rings. The van der Waals surface area contributed by atoms with E-state index >= 15 is 0 Å². The van der Waals surface area contributed by atoms with Crippen molar-refractivity contribution in [3.63, 3.8) is 0 Å². The summed E-state index contributed by atoms with van der Waals surface area (Å²) in [5.74, 6) is 0.205. The summed E-state index contributed by atoms with van der Waals surface area (Å²) < 4.78 is 0. The molecule has 0 radical (unpaired) electrons. The third-order valence-electron chi connectivity index (χ3n) is 3.99. The maximum absolute atomic E-state index is 10.9. The zero-order chi connectivity index (χ0) is 14.0. The van der Waals surface area contributed by atoms with Crippen LogP contribution >= 0.6 is 0 Å². The van der Waals surface area contributed by atoms with Gasteiger partial charge in [0.15, 0.2) is 0 Å². The van der Waals surface area contributed by atoms with Crippen LogP contribution < -0.4 is 0 Å². The van der Waals surface area contributed by atoms with E-state index < -0.39 is 0 Å². The average Bonchev–Trinajstić information content (AvgIpc) is 2.84. The van der Waals surface area contributed by atoms with Gasteiger partial charge < -0.3 is 14.9 Å². The molecular weight excluding hydrogens is 238 g/mol. The number of aliphatic hydroxyl groups excluding tert-OH is 1. The second-order valence-electron chi connectivity index (χ2n) is 5.17. The summed E-state index contributed by atoms with van der Waals surface area (Å²) >= 11 is 0. The molecule has 0 bridgehead atoms. The third kappa shape index (κ3) is 2.30. The van der Waals surface area contributed by atoms with Gasteiger partial charge in [0.25, 0.3) is 0 Å². The SMILES string of the molecule is CO.Cc1ccc(C)c2c3c([nH]c12)CC(C=O)CC3. The molecule has 2 aromatic rings. The van der Waals surface area contributed by atoms with Gasteiger partial charge in [0, 0.05) is 29.6 Å². The maximum atomic E-state index is 10.9. The van der Waals surface area contributed by atoms with Crippen LogP contribution in [0.1, 0.15) is 28.8 Å². The van der Waals surface area contributed by atoms with Gasteiger partial charge in [-0.3, -0.25) is 0 Å². The highest BCUT2D eigenvalue weighted by Gasteiger charge is 2.23. The number of H-pyrrole nitrogens is 1. The molecule has 0 fully saturated rings. The average molecular weight is 259 g/mol. The number of aldehydes is 1. The van der Waals surface area contributed by atoms with Crippen LogP contribution in [0.5, 0.6) is 0 Å². The van der Waals surface area contributed by atoms with Crippen molar-refractivity contribution in [2.24, 2.45) is 5.92 Å². The fourth-order valence-corrected chi connectivity index (χ4v) is 3.00. The quantitative estimate of drug-likeness (QED) is 0.774. The molecule has 102 valence electrons. The predicted molar refractivity (Wildman–Crippen MR) is 77.5 cm³/mol. The molecule has 2 N–H and O–H groups in total. The Balaban J connectivity index is 0.000000637. The van der Waals surface area contributed by atoms with Crippen molar-refractivity contribution in [1.29, 1.82) is 0 Å². The lowest BCUT2D eigenvalue weighted by Crippen LogP contribution is -2.14. The molecule has 0 amide bonds. The maximum Gasteiger partial charge on any atom is 0.123 e. The highest BCUT2D eigenvalue weighted by Crippen LogP contribution is 2.34. The van der Waals surface area contributed by atoms with Gasteiger partial charge in [0.2, 0.25) is 0 Å². The van der Waals surface area contributed by atoms with Crippen molar-refractivity contribution in [2.75, 3.05) is 7.11 Å². The molecule has 1 aromatic heterocycles. The van der Waals surface area contributed by atoms with Crippen LogP contribution in [0, 0.1) is 19.8 Å². The summed E-state index contributed by atoms with van der Waals surface area (Å²) in [5.41, 5.74) is 6.62.